The van der Waals surface area contributed by atoms with Crippen molar-refractivity contribution in [1.29, 1.82) is 0 Å². The predicted octanol–water partition coefficient (Wildman–Crippen LogP) is 4.44. The number of amides is 2. The fourth-order valence-electron chi connectivity index (χ4n) is 6.92. The zero-order chi connectivity index (χ0) is 32.8. The van der Waals surface area contributed by atoms with Crippen molar-refractivity contribution in [1.82, 2.24) is 20.4 Å². The number of nitrogens with two attached hydrogens (primary N) is 1. The van der Waals surface area contributed by atoms with Gasteiger partial charge in [0.1, 0.15) is 18.1 Å². The molecule has 3 aliphatic rings. The van der Waals surface area contributed by atoms with Crippen LogP contribution in [-0.2, 0) is 25.9 Å². The normalized spacial score (nSPS) is 17.8. The molecule has 0 spiro atoms. The lowest BCUT2D eigenvalue weighted by atomic mass is 9.94. The van der Waals surface area contributed by atoms with Crippen molar-refractivity contribution in [3.8, 4) is 11.5 Å². The first-order valence-corrected chi connectivity index (χ1v) is 16.8. The number of ether oxygens (including phenoxy) is 2. The molecular weight excluding hydrogens is 590 g/mol. The zero-order valence-corrected chi connectivity index (χ0v) is 27.6. The average molecular weight is 638 g/mol. The van der Waals surface area contributed by atoms with E-state index in [-0.39, 0.29) is 11.8 Å². The van der Waals surface area contributed by atoms with Crippen LogP contribution in [0.25, 0.3) is 0 Å². The molecule has 1 atom stereocenters. The molecule has 0 saturated heterocycles. The second-order valence-corrected chi connectivity index (χ2v) is 12.9. The third-order valence-corrected chi connectivity index (χ3v) is 9.82. The first kappa shape index (κ1) is 32.6. The van der Waals surface area contributed by atoms with Crippen LogP contribution in [0.3, 0.4) is 0 Å². The largest absolute Gasteiger partial charge is 0.497 e. The molecule has 3 heterocycles. The van der Waals surface area contributed by atoms with Gasteiger partial charge in [0.2, 0.25) is 0 Å². The van der Waals surface area contributed by atoms with Gasteiger partial charge in [0.15, 0.2) is 0 Å². The van der Waals surface area contributed by atoms with Gasteiger partial charge in [-0.3, -0.25) is 9.59 Å². The Morgan fingerprint density at radius 3 is 2.51 bits per heavy atom. The van der Waals surface area contributed by atoms with Crippen LogP contribution in [-0.4, -0.2) is 74.6 Å². The van der Waals surface area contributed by atoms with E-state index in [0.717, 1.165) is 61.4 Å². The Balaban J connectivity index is 0.967. The standard InChI is InChI=1S/C38H47N5O4/c1-42-17-4-3-5-30(22-39)36(42)25-47-35-13-10-27-20-33(41-23-32(27)21-35)14-16-40-37(44)29-6-7-31-24-43(18-15-28(31)19-29)38(45)26-8-11-34(46-2)12-9-26/h6-13,19,21,33,41H,3-5,14-18,20,22-25,39H2,1-2H3,(H,40,44)/t33-/m1/s1. The minimum Gasteiger partial charge on any atom is -0.497 e. The summed E-state index contributed by atoms with van der Waals surface area (Å²) in [5.74, 6) is 1.56. The number of fused-ring (bicyclic) bond motifs is 2. The highest BCUT2D eigenvalue weighted by Gasteiger charge is 2.24. The summed E-state index contributed by atoms with van der Waals surface area (Å²) >= 11 is 0. The Hall–Kier alpha value is -4.34. The van der Waals surface area contributed by atoms with Crippen LogP contribution in [0, 0.1) is 0 Å². The summed E-state index contributed by atoms with van der Waals surface area (Å²) in [5.41, 5.74) is 14.7. The number of hydrogen-bond donors (Lipinski definition) is 3. The van der Waals surface area contributed by atoms with Crippen LogP contribution in [0.1, 0.15) is 68.7 Å². The molecular formula is C38H47N5O4. The number of methoxy groups -OCH3 is 1. The van der Waals surface area contributed by atoms with Crippen molar-refractivity contribution in [2.45, 2.75) is 57.7 Å². The summed E-state index contributed by atoms with van der Waals surface area (Å²) < 4.78 is 11.5. The minimum absolute atomic E-state index is 0.00479. The topological polar surface area (TPSA) is 109 Å². The molecule has 0 aromatic heterocycles. The number of nitrogens with zero attached hydrogens (tertiary/aromatic N) is 2. The average Bonchev–Trinajstić information content (AvgIpc) is 3.29. The maximum Gasteiger partial charge on any atom is 0.254 e. The molecule has 47 heavy (non-hydrogen) atoms. The molecule has 0 radical (unpaired) electrons. The van der Waals surface area contributed by atoms with E-state index >= 15 is 0 Å². The molecule has 0 unspecified atom stereocenters. The second-order valence-electron chi connectivity index (χ2n) is 12.9. The number of carbonyl (C=O) groups excluding carboxylic acids is 2. The highest BCUT2D eigenvalue weighted by Crippen LogP contribution is 2.26. The molecule has 248 valence electrons. The zero-order valence-electron chi connectivity index (χ0n) is 27.6. The quantitative estimate of drug-likeness (QED) is 0.302. The lowest BCUT2D eigenvalue weighted by Gasteiger charge is -2.29. The van der Waals surface area contributed by atoms with Crippen molar-refractivity contribution in [3.63, 3.8) is 0 Å². The maximum absolute atomic E-state index is 13.0. The highest BCUT2D eigenvalue weighted by atomic mass is 16.5. The van der Waals surface area contributed by atoms with E-state index in [2.05, 4.69) is 40.8 Å². The summed E-state index contributed by atoms with van der Waals surface area (Å²) in [6.45, 7) is 4.71. The molecule has 0 fully saturated rings. The summed E-state index contributed by atoms with van der Waals surface area (Å²) in [7, 11) is 3.75. The van der Waals surface area contributed by atoms with E-state index in [1.807, 2.05) is 23.1 Å². The highest BCUT2D eigenvalue weighted by molar-refractivity contribution is 5.95. The molecule has 9 nitrogen and oxygen atoms in total. The van der Waals surface area contributed by atoms with Crippen LogP contribution in [0.2, 0.25) is 0 Å². The predicted molar refractivity (Wildman–Crippen MR) is 184 cm³/mol. The van der Waals surface area contributed by atoms with Crippen molar-refractivity contribution < 1.29 is 19.1 Å². The van der Waals surface area contributed by atoms with E-state index in [9.17, 15) is 9.59 Å². The fourth-order valence-corrected chi connectivity index (χ4v) is 6.92. The van der Waals surface area contributed by atoms with Gasteiger partial charge >= 0.3 is 0 Å². The van der Waals surface area contributed by atoms with Gasteiger partial charge in [-0.2, -0.15) is 0 Å². The molecule has 9 heteroatoms. The second kappa shape index (κ2) is 15.0. The first-order valence-electron chi connectivity index (χ1n) is 16.8. The number of carbonyl (C=O) groups is 2. The molecule has 0 saturated carbocycles. The van der Waals surface area contributed by atoms with Crippen molar-refractivity contribution in [2.75, 3.05) is 46.9 Å². The van der Waals surface area contributed by atoms with Gasteiger partial charge in [0.25, 0.3) is 11.8 Å². The Morgan fingerprint density at radius 2 is 1.70 bits per heavy atom. The molecule has 3 aliphatic heterocycles. The Kier molecular flexibility index (Phi) is 10.4. The maximum atomic E-state index is 13.0. The van der Waals surface area contributed by atoms with E-state index in [0.29, 0.717) is 50.0 Å². The third-order valence-electron chi connectivity index (χ3n) is 9.82. The Morgan fingerprint density at radius 1 is 0.915 bits per heavy atom. The van der Waals surface area contributed by atoms with Gasteiger partial charge in [-0.05, 0) is 115 Å². The molecule has 0 bridgehead atoms. The first-order chi connectivity index (χ1) is 22.9. The molecule has 3 aromatic carbocycles. The number of nitrogens with one attached hydrogen (secondary N) is 2. The SMILES string of the molecule is COc1ccc(C(=O)N2CCc3cc(C(=O)NCC[C@@H]4Cc5ccc(OCC6=C(CN)CCCCN6C)cc5CN4)ccc3C2)cc1. The number of benzene rings is 3. The van der Waals surface area contributed by atoms with Gasteiger partial charge in [-0.25, -0.2) is 0 Å². The summed E-state index contributed by atoms with van der Waals surface area (Å²) in [6, 6.07) is 19.8. The van der Waals surface area contributed by atoms with Crippen LogP contribution in [0.15, 0.2) is 71.9 Å². The van der Waals surface area contributed by atoms with E-state index < -0.39 is 0 Å². The van der Waals surface area contributed by atoms with E-state index in [1.165, 1.54) is 35.2 Å². The Labute approximate surface area is 278 Å². The monoisotopic (exact) mass is 637 g/mol. The number of rotatable bonds is 10. The van der Waals surface area contributed by atoms with Gasteiger partial charge in [-0.1, -0.05) is 12.1 Å². The van der Waals surface area contributed by atoms with Crippen LogP contribution in [0.4, 0.5) is 0 Å². The molecule has 0 aliphatic carbocycles. The molecule has 4 N–H and O–H groups in total. The fraction of sp³-hybridized carbons (Fsp3) is 0.421. The molecule has 6 rings (SSSR count). The van der Waals surface area contributed by atoms with Gasteiger partial charge < -0.3 is 35.6 Å². The summed E-state index contributed by atoms with van der Waals surface area (Å²) in [4.78, 5) is 30.2. The van der Waals surface area contributed by atoms with Gasteiger partial charge in [0, 0.05) is 63.5 Å². The smallest absolute Gasteiger partial charge is 0.254 e. The number of likely N-dealkylation sites (N-methyl/N-ethyl adjacent to an activating group) is 1. The van der Waals surface area contributed by atoms with Crippen LogP contribution >= 0.6 is 0 Å². The Bertz CT molecular complexity index is 1620. The van der Waals surface area contributed by atoms with Crippen molar-refractivity contribution in [2.24, 2.45) is 5.73 Å². The number of hydrogen-bond acceptors (Lipinski definition) is 7. The summed E-state index contributed by atoms with van der Waals surface area (Å²) in [6.07, 6.45) is 5.90. The molecule has 2 amide bonds. The van der Waals surface area contributed by atoms with Gasteiger partial charge in [-0.15, -0.1) is 0 Å². The lowest BCUT2D eigenvalue weighted by Crippen LogP contribution is -2.38. The van der Waals surface area contributed by atoms with Crippen LogP contribution < -0.4 is 25.8 Å². The minimum atomic E-state index is -0.0604. The van der Waals surface area contributed by atoms with Gasteiger partial charge in [0.05, 0.1) is 12.8 Å². The third kappa shape index (κ3) is 7.80. The summed E-state index contributed by atoms with van der Waals surface area (Å²) in [5, 5.41) is 6.76. The van der Waals surface area contributed by atoms with Crippen LogP contribution in [0.5, 0.6) is 11.5 Å². The van der Waals surface area contributed by atoms with E-state index in [4.69, 9.17) is 15.2 Å². The van der Waals surface area contributed by atoms with Crippen molar-refractivity contribution in [3.05, 3.63) is 105 Å². The lowest BCUT2D eigenvalue weighted by molar-refractivity contribution is 0.0734. The van der Waals surface area contributed by atoms with Crippen molar-refractivity contribution >= 4 is 11.8 Å². The van der Waals surface area contributed by atoms with E-state index in [1.54, 1.807) is 31.4 Å². The molecule has 3 aromatic rings.